The van der Waals surface area contributed by atoms with Crippen LogP contribution >= 0.6 is 0 Å². The summed E-state index contributed by atoms with van der Waals surface area (Å²) >= 11 is 0. The number of phenolic OH excluding ortho intramolecular Hbond substituents is 12. The fourth-order valence-electron chi connectivity index (χ4n) is 6.21. The van der Waals surface area contributed by atoms with E-state index in [0.29, 0.717) is 11.1 Å². The lowest BCUT2D eigenvalue weighted by Gasteiger charge is -2.35. The van der Waals surface area contributed by atoms with Gasteiger partial charge in [0.2, 0.25) is 23.0 Å². The summed E-state index contributed by atoms with van der Waals surface area (Å²) in [5.41, 5.74) is -0.998. The van der Waals surface area contributed by atoms with Gasteiger partial charge in [0.25, 0.3) is 0 Å². The highest BCUT2D eigenvalue weighted by atomic mass is 16.3. The Hall–Kier alpha value is -6.30. The van der Waals surface area contributed by atoms with E-state index in [1.165, 1.54) is 48.5 Å². The van der Waals surface area contributed by atoms with Crippen LogP contribution in [0.15, 0.2) is 72.8 Å². The van der Waals surface area contributed by atoms with Gasteiger partial charge in [0.15, 0.2) is 46.0 Å². The number of hydrogen-bond donors (Lipinski definition) is 12. The van der Waals surface area contributed by atoms with Crippen LogP contribution in [-0.4, -0.2) is 61.3 Å². The molecule has 0 amide bonds. The van der Waals surface area contributed by atoms with E-state index in [1.807, 2.05) is 0 Å². The van der Waals surface area contributed by atoms with Crippen LogP contribution in [0.5, 0.6) is 69.0 Å². The second kappa shape index (κ2) is 11.8. The second-order valence-electron chi connectivity index (χ2n) is 12.1. The Morgan fingerprint density at radius 2 is 0.604 bits per heavy atom. The molecule has 0 spiro atoms. The minimum absolute atomic E-state index is 0.103. The van der Waals surface area contributed by atoms with Gasteiger partial charge in [-0.1, -0.05) is 62.4 Å². The van der Waals surface area contributed by atoms with Gasteiger partial charge in [0.05, 0.1) is 0 Å². The van der Waals surface area contributed by atoms with Gasteiger partial charge in [-0.2, -0.15) is 0 Å². The zero-order valence-corrected chi connectivity index (χ0v) is 25.7. The first-order valence-electron chi connectivity index (χ1n) is 14.6. The van der Waals surface area contributed by atoms with Crippen molar-refractivity contribution in [1.82, 2.24) is 0 Å². The molecule has 0 heterocycles. The average Bonchev–Trinajstić information content (AvgIpc) is 3.06. The lowest BCUT2D eigenvalue weighted by Crippen LogP contribution is -2.29. The fraction of sp³-hybridized carbons (Fsp3) is 0.167. The summed E-state index contributed by atoms with van der Waals surface area (Å²) in [6.07, 6.45) is -0.206. The maximum Gasteiger partial charge on any atom is 0.200 e. The Bertz CT molecular complexity index is 1890. The maximum atomic E-state index is 11.0. The lowest BCUT2D eigenvalue weighted by atomic mass is 9.68. The molecule has 5 rings (SSSR count). The molecule has 0 fully saturated rings. The van der Waals surface area contributed by atoms with Crippen molar-refractivity contribution in [3.63, 3.8) is 0 Å². The SMILES string of the molecule is CC(Cc1ccc(O)c(O)c1O)(c1ccc(C(C)(Cc2ccc(O)c(O)c2O)c2ccc(O)c(O)c2O)cc1)c1ccc(O)c(O)c1O. The monoisotopic (exact) mass is 658 g/mol. The first-order valence-corrected chi connectivity index (χ1v) is 14.6. The number of benzene rings is 5. The van der Waals surface area contributed by atoms with Gasteiger partial charge < -0.3 is 61.3 Å². The standard InChI is InChI=1S/C36H34O12/c1-35(21-9-13-25(39)33(47)29(21)43,15-17-3-11-23(37)31(45)27(17)41)19-5-7-20(8-6-19)36(2,22-10-14-26(40)34(48)30(22)44)16-18-4-12-24(38)32(46)28(18)42/h3-14,37-48H,15-16H2,1-2H3. The van der Waals surface area contributed by atoms with E-state index in [9.17, 15) is 61.3 Å². The van der Waals surface area contributed by atoms with Gasteiger partial charge >= 0.3 is 0 Å². The lowest BCUT2D eigenvalue weighted by molar-refractivity contribution is 0.354. The Morgan fingerprint density at radius 1 is 0.333 bits per heavy atom. The zero-order valence-electron chi connectivity index (χ0n) is 25.7. The van der Waals surface area contributed by atoms with Crippen molar-refractivity contribution in [3.05, 3.63) is 106 Å². The molecule has 0 saturated carbocycles. The summed E-state index contributed by atoms with van der Waals surface area (Å²) in [5, 5.41) is 124. The van der Waals surface area contributed by atoms with Crippen LogP contribution in [0.1, 0.15) is 47.2 Å². The maximum absolute atomic E-state index is 11.0. The van der Waals surface area contributed by atoms with Crippen molar-refractivity contribution < 1.29 is 61.3 Å². The predicted octanol–water partition coefficient (Wildman–Crippen LogP) is 5.25. The number of aromatic hydroxyl groups is 12. The van der Waals surface area contributed by atoms with Gasteiger partial charge in [0, 0.05) is 22.0 Å². The second-order valence-corrected chi connectivity index (χ2v) is 12.1. The van der Waals surface area contributed by atoms with Crippen molar-refractivity contribution in [3.8, 4) is 69.0 Å². The first-order chi connectivity index (χ1) is 22.5. The highest BCUT2D eigenvalue weighted by molar-refractivity contribution is 5.63. The number of hydrogen-bond acceptors (Lipinski definition) is 12. The molecule has 0 bridgehead atoms. The first kappa shape index (κ1) is 33.1. The highest BCUT2D eigenvalue weighted by Gasteiger charge is 2.38. The van der Waals surface area contributed by atoms with Gasteiger partial charge in [-0.3, -0.25) is 0 Å². The van der Waals surface area contributed by atoms with Gasteiger partial charge in [-0.15, -0.1) is 0 Å². The third-order valence-corrected chi connectivity index (χ3v) is 9.12. The predicted molar refractivity (Wildman–Crippen MR) is 173 cm³/mol. The Labute approximate surface area is 273 Å². The number of rotatable bonds is 8. The van der Waals surface area contributed by atoms with E-state index in [-0.39, 0.29) is 35.1 Å². The summed E-state index contributed by atoms with van der Waals surface area (Å²) in [7, 11) is 0. The Morgan fingerprint density at radius 3 is 0.917 bits per heavy atom. The summed E-state index contributed by atoms with van der Waals surface area (Å²) < 4.78 is 0. The molecule has 0 aliphatic rings. The quantitative estimate of drug-likeness (QED) is 0.0957. The average molecular weight is 659 g/mol. The van der Waals surface area contributed by atoms with Gasteiger partial charge in [-0.25, -0.2) is 0 Å². The molecule has 12 nitrogen and oxygen atoms in total. The smallest absolute Gasteiger partial charge is 0.200 e. The van der Waals surface area contributed by atoms with Crippen molar-refractivity contribution in [1.29, 1.82) is 0 Å². The van der Waals surface area contributed by atoms with Crippen LogP contribution < -0.4 is 0 Å². The van der Waals surface area contributed by atoms with Crippen molar-refractivity contribution in [2.75, 3.05) is 0 Å². The summed E-state index contributed by atoms with van der Waals surface area (Å²) in [5.74, 6) is -7.79. The Balaban J connectivity index is 1.70. The molecule has 0 aromatic heterocycles. The van der Waals surface area contributed by atoms with Gasteiger partial charge in [-0.05, 0) is 59.4 Å². The van der Waals surface area contributed by atoms with Crippen molar-refractivity contribution >= 4 is 0 Å². The van der Waals surface area contributed by atoms with Crippen molar-refractivity contribution in [2.45, 2.75) is 37.5 Å². The molecule has 0 aliphatic carbocycles. The van der Waals surface area contributed by atoms with Crippen molar-refractivity contribution in [2.24, 2.45) is 0 Å². The van der Waals surface area contributed by atoms with E-state index in [1.54, 1.807) is 38.1 Å². The Kier molecular flexibility index (Phi) is 8.14. The van der Waals surface area contributed by atoms with Crippen LogP contribution in [0.4, 0.5) is 0 Å². The molecule has 5 aromatic carbocycles. The van der Waals surface area contributed by atoms with Crippen LogP contribution in [0, 0.1) is 0 Å². The fourth-order valence-corrected chi connectivity index (χ4v) is 6.21. The van der Waals surface area contributed by atoms with Crippen LogP contribution in [0.3, 0.4) is 0 Å². The van der Waals surface area contributed by atoms with E-state index in [0.717, 1.165) is 0 Å². The molecule has 2 atom stereocenters. The van der Waals surface area contributed by atoms with E-state index >= 15 is 0 Å². The van der Waals surface area contributed by atoms with Crippen LogP contribution in [0.25, 0.3) is 0 Å². The molecular formula is C36H34O12. The topological polar surface area (TPSA) is 243 Å². The molecule has 0 saturated heterocycles. The summed E-state index contributed by atoms with van der Waals surface area (Å²) in [6, 6.07) is 16.9. The highest BCUT2D eigenvalue weighted by Crippen LogP contribution is 2.51. The molecule has 2 unspecified atom stereocenters. The number of phenols is 12. The minimum Gasteiger partial charge on any atom is -0.504 e. The van der Waals surface area contributed by atoms with E-state index < -0.39 is 79.8 Å². The molecule has 12 N–H and O–H groups in total. The third kappa shape index (κ3) is 5.32. The van der Waals surface area contributed by atoms with E-state index in [4.69, 9.17) is 0 Å². The van der Waals surface area contributed by atoms with Crippen LogP contribution in [-0.2, 0) is 23.7 Å². The molecule has 0 aliphatic heterocycles. The third-order valence-electron chi connectivity index (χ3n) is 9.12. The molecule has 48 heavy (non-hydrogen) atoms. The minimum atomic E-state index is -1.29. The molecule has 0 radical (unpaired) electrons. The molecule has 250 valence electrons. The largest absolute Gasteiger partial charge is 0.504 e. The molecular weight excluding hydrogens is 624 g/mol. The van der Waals surface area contributed by atoms with Gasteiger partial charge in [0.1, 0.15) is 0 Å². The molecule has 5 aromatic rings. The molecule has 12 heteroatoms. The van der Waals surface area contributed by atoms with Crippen LogP contribution in [0.2, 0.25) is 0 Å². The summed E-state index contributed by atoms with van der Waals surface area (Å²) in [6.45, 7) is 3.36. The van der Waals surface area contributed by atoms with E-state index in [2.05, 4.69) is 0 Å². The normalized spacial score (nSPS) is 13.9. The summed E-state index contributed by atoms with van der Waals surface area (Å²) in [4.78, 5) is 0. The zero-order chi connectivity index (χ0) is 35.3.